The van der Waals surface area contributed by atoms with Crippen molar-refractivity contribution in [1.29, 1.82) is 0 Å². The Balaban J connectivity index is 1.29. The first-order valence-electron chi connectivity index (χ1n) is 8.76. The minimum Gasteiger partial charge on any atom is -0.340 e. The van der Waals surface area contributed by atoms with Crippen molar-refractivity contribution in [2.24, 2.45) is 5.92 Å². The lowest BCUT2D eigenvalue weighted by Gasteiger charge is -2.35. The number of anilines is 1. The molecule has 1 aromatic rings. The fourth-order valence-corrected chi connectivity index (χ4v) is 6.20. The molecule has 0 spiro atoms. The van der Waals surface area contributed by atoms with Crippen LogP contribution in [0.4, 0.5) is 5.95 Å². The SMILES string of the molecule is O=C(CN1CCN(c2ncccn2)CC1)N1C[C@@H]2CCS(=O)(=O)[C@@H]2C1. The number of carbonyl (C=O) groups excluding carboxylic acids is 1. The van der Waals surface area contributed by atoms with Gasteiger partial charge in [0.1, 0.15) is 0 Å². The van der Waals surface area contributed by atoms with E-state index in [-0.39, 0.29) is 22.8 Å². The molecule has 0 aromatic carbocycles. The Morgan fingerprint density at radius 2 is 1.84 bits per heavy atom. The number of hydrogen-bond acceptors (Lipinski definition) is 7. The van der Waals surface area contributed by atoms with E-state index in [9.17, 15) is 13.2 Å². The maximum absolute atomic E-state index is 12.6. The summed E-state index contributed by atoms with van der Waals surface area (Å²) in [6.07, 6.45) is 4.17. The molecule has 1 aromatic heterocycles. The third-order valence-corrected chi connectivity index (χ3v) is 7.80. The van der Waals surface area contributed by atoms with E-state index in [4.69, 9.17) is 0 Å². The van der Waals surface area contributed by atoms with Crippen LogP contribution in [0.5, 0.6) is 0 Å². The number of rotatable bonds is 3. The van der Waals surface area contributed by atoms with E-state index in [0.717, 1.165) is 32.1 Å². The van der Waals surface area contributed by atoms with Gasteiger partial charge in [0.15, 0.2) is 9.84 Å². The van der Waals surface area contributed by atoms with Crippen LogP contribution < -0.4 is 4.90 Å². The molecule has 4 rings (SSSR count). The van der Waals surface area contributed by atoms with Gasteiger partial charge in [0.2, 0.25) is 11.9 Å². The first-order valence-corrected chi connectivity index (χ1v) is 10.5. The van der Waals surface area contributed by atoms with Crippen molar-refractivity contribution in [2.45, 2.75) is 11.7 Å². The molecule has 8 nitrogen and oxygen atoms in total. The van der Waals surface area contributed by atoms with Crippen molar-refractivity contribution < 1.29 is 13.2 Å². The number of sulfone groups is 1. The number of nitrogens with zero attached hydrogens (tertiary/aromatic N) is 5. The number of hydrogen-bond donors (Lipinski definition) is 0. The molecule has 3 aliphatic rings. The Morgan fingerprint density at radius 3 is 2.52 bits per heavy atom. The van der Waals surface area contributed by atoms with Gasteiger partial charge in [-0.3, -0.25) is 9.69 Å². The molecule has 25 heavy (non-hydrogen) atoms. The second-order valence-corrected chi connectivity index (χ2v) is 9.40. The lowest BCUT2D eigenvalue weighted by atomic mass is 10.1. The van der Waals surface area contributed by atoms with Gasteiger partial charge >= 0.3 is 0 Å². The van der Waals surface area contributed by atoms with Gasteiger partial charge in [-0.05, 0) is 18.4 Å². The summed E-state index contributed by atoms with van der Waals surface area (Å²) in [7, 11) is -2.99. The zero-order chi connectivity index (χ0) is 17.4. The summed E-state index contributed by atoms with van der Waals surface area (Å²) in [5, 5.41) is -0.330. The van der Waals surface area contributed by atoms with Crippen molar-refractivity contribution in [2.75, 3.05) is 56.5 Å². The quantitative estimate of drug-likeness (QED) is 0.696. The molecule has 2 atom stereocenters. The highest BCUT2D eigenvalue weighted by Gasteiger charge is 2.47. The maximum atomic E-state index is 12.6. The summed E-state index contributed by atoms with van der Waals surface area (Å²) < 4.78 is 24.0. The van der Waals surface area contributed by atoms with Crippen molar-refractivity contribution in [3.05, 3.63) is 18.5 Å². The topological polar surface area (TPSA) is 86.7 Å². The lowest BCUT2D eigenvalue weighted by molar-refractivity contribution is -0.131. The van der Waals surface area contributed by atoms with Crippen LogP contribution in [0.25, 0.3) is 0 Å². The van der Waals surface area contributed by atoms with Crippen LogP contribution in [0.15, 0.2) is 18.5 Å². The molecule has 0 saturated carbocycles. The largest absolute Gasteiger partial charge is 0.340 e. The highest BCUT2D eigenvalue weighted by Crippen LogP contribution is 2.33. The first kappa shape index (κ1) is 16.7. The van der Waals surface area contributed by atoms with E-state index in [1.165, 1.54) is 0 Å². The van der Waals surface area contributed by atoms with Gasteiger partial charge in [-0.1, -0.05) is 0 Å². The van der Waals surface area contributed by atoms with Gasteiger partial charge in [-0.15, -0.1) is 0 Å². The molecule has 0 radical (unpaired) electrons. The molecule has 3 saturated heterocycles. The second kappa shape index (κ2) is 6.53. The Labute approximate surface area is 147 Å². The number of likely N-dealkylation sites (tertiary alicyclic amines) is 1. The van der Waals surface area contributed by atoms with Crippen molar-refractivity contribution in [3.8, 4) is 0 Å². The molecule has 3 fully saturated rings. The third-order valence-electron chi connectivity index (χ3n) is 5.53. The summed E-state index contributed by atoms with van der Waals surface area (Å²) in [6.45, 7) is 4.48. The second-order valence-electron chi connectivity index (χ2n) is 7.06. The van der Waals surface area contributed by atoms with Crippen LogP contribution in [-0.2, 0) is 14.6 Å². The normalized spacial score (nSPS) is 29.0. The number of piperazine rings is 1. The van der Waals surface area contributed by atoms with E-state index in [1.54, 1.807) is 23.4 Å². The van der Waals surface area contributed by atoms with Gasteiger partial charge in [0.05, 0.1) is 17.5 Å². The molecule has 0 unspecified atom stereocenters. The molecule has 0 aliphatic carbocycles. The van der Waals surface area contributed by atoms with Crippen molar-refractivity contribution >= 4 is 21.7 Å². The van der Waals surface area contributed by atoms with Crippen molar-refractivity contribution in [1.82, 2.24) is 19.8 Å². The Kier molecular flexibility index (Phi) is 4.36. The van der Waals surface area contributed by atoms with Crippen LogP contribution in [0.3, 0.4) is 0 Å². The van der Waals surface area contributed by atoms with Crippen LogP contribution >= 0.6 is 0 Å². The van der Waals surface area contributed by atoms with E-state index in [0.29, 0.717) is 26.1 Å². The highest BCUT2D eigenvalue weighted by molar-refractivity contribution is 7.92. The number of amides is 1. The Hall–Kier alpha value is -1.74. The summed E-state index contributed by atoms with van der Waals surface area (Å²) in [4.78, 5) is 27.1. The van der Waals surface area contributed by atoms with Gasteiger partial charge in [0.25, 0.3) is 0 Å². The molecule has 4 heterocycles. The minimum absolute atomic E-state index is 0.0500. The van der Waals surface area contributed by atoms with Gasteiger partial charge in [0, 0.05) is 51.7 Å². The highest BCUT2D eigenvalue weighted by atomic mass is 32.2. The predicted molar refractivity (Wildman–Crippen MR) is 92.9 cm³/mol. The van der Waals surface area contributed by atoms with E-state index >= 15 is 0 Å². The third kappa shape index (κ3) is 3.35. The fraction of sp³-hybridized carbons (Fsp3) is 0.688. The number of aromatic nitrogens is 2. The van der Waals surface area contributed by atoms with Crippen LogP contribution in [0.1, 0.15) is 6.42 Å². The summed E-state index contributed by atoms with van der Waals surface area (Å²) >= 11 is 0. The van der Waals surface area contributed by atoms with Crippen molar-refractivity contribution in [3.63, 3.8) is 0 Å². The number of fused-ring (bicyclic) bond motifs is 1. The first-order chi connectivity index (χ1) is 12.0. The average Bonchev–Trinajstić information content (AvgIpc) is 3.17. The van der Waals surface area contributed by atoms with Crippen LogP contribution in [-0.4, -0.2) is 90.9 Å². The average molecular weight is 365 g/mol. The lowest BCUT2D eigenvalue weighted by Crippen LogP contribution is -2.50. The van der Waals surface area contributed by atoms with Gasteiger partial charge in [-0.2, -0.15) is 0 Å². The fourth-order valence-electron chi connectivity index (χ4n) is 4.05. The zero-order valence-electron chi connectivity index (χ0n) is 14.1. The zero-order valence-corrected chi connectivity index (χ0v) is 14.9. The molecule has 136 valence electrons. The van der Waals surface area contributed by atoms with E-state index in [1.807, 2.05) is 0 Å². The van der Waals surface area contributed by atoms with E-state index < -0.39 is 9.84 Å². The molecule has 3 aliphatic heterocycles. The minimum atomic E-state index is -2.99. The van der Waals surface area contributed by atoms with Crippen LogP contribution in [0, 0.1) is 5.92 Å². The maximum Gasteiger partial charge on any atom is 0.236 e. The Morgan fingerprint density at radius 1 is 1.12 bits per heavy atom. The van der Waals surface area contributed by atoms with Crippen LogP contribution in [0.2, 0.25) is 0 Å². The monoisotopic (exact) mass is 365 g/mol. The predicted octanol–water partition coefficient (Wildman–Crippen LogP) is -0.756. The molecule has 9 heteroatoms. The Bertz CT molecular complexity index is 733. The molecular weight excluding hydrogens is 342 g/mol. The summed E-state index contributed by atoms with van der Waals surface area (Å²) in [5.74, 6) is 1.20. The van der Waals surface area contributed by atoms with Gasteiger partial charge in [-0.25, -0.2) is 18.4 Å². The molecular formula is C16H23N5O3S. The standard InChI is InChI=1S/C16H23N5O3S/c22-15(21-10-13-2-9-25(23,24)14(13)11-21)12-19-5-7-20(8-6-19)16-17-3-1-4-18-16/h1,3-4,13-14H,2,5-12H2/t13-,14+/m0/s1. The summed E-state index contributed by atoms with van der Waals surface area (Å²) in [6, 6.07) is 1.80. The molecule has 0 bridgehead atoms. The molecule has 1 amide bonds. The summed E-state index contributed by atoms with van der Waals surface area (Å²) in [5.41, 5.74) is 0. The molecule has 0 N–H and O–H groups in total. The van der Waals surface area contributed by atoms with Gasteiger partial charge < -0.3 is 9.80 Å². The van der Waals surface area contributed by atoms with E-state index in [2.05, 4.69) is 19.8 Å². The number of carbonyl (C=O) groups is 1. The smallest absolute Gasteiger partial charge is 0.236 e.